The van der Waals surface area contributed by atoms with Crippen molar-refractivity contribution in [3.63, 3.8) is 0 Å². The average molecular weight is 354 g/mol. The molecule has 0 amide bonds. The Morgan fingerprint density at radius 2 is 1.78 bits per heavy atom. The number of piperazine rings is 1. The summed E-state index contributed by atoms with van der Waals surface area (Å²) in [5.74, 6) is 2.24. The minimum atomic E-state index is 0.543. The van der Waals surface area contributed by atoms with E-state index in [9.17, 15) is 0 Å². The molecule has 1 fully saturated rings. The maximum atomic E-state index is 6.23. The predicted molar refractivity (Wildman–Crippen MR) is 91.9 cm³/mol. The SMILES string of the molecule is CCOc1cc(N2CCN(c3ncc(Cl)cc3Cl)CC2)ncn1. The van der Waals surface area contributed by atoms with E-state index in [4.69, 9.17) is 27.9 Å². The monoisotopic (exact) mass is 353 g/mol. The molecule has 0 N–H and O–H groups in total. The minimum absolute atomic E-state index is 0.543. The van der Waals surface area contributed by atoms with Crippen LogP contribution in [-0.2, 0) is 0 Å². The van der Waals surface area contributed by atoms with Gasteiger partial charge >= 0.3 is 0 Å². The lowest BCUT2D eigenvalue weighted by molar-refractivity contribution is 0.326. The molecule has 0 radical (unpaired) electrons. The Labute approximate surface area is 145 Å². The molecule has 3 rings (SSSR count). The fraction of sp³-hybridized carbons (Fsp3) is 0.400. The first-order chi connectivity index (χ1) is 11.2. The normalized spacial score (nSPS) is 14.9. The molecule has 6 nitrogen and oxygen atoms in total. The average Bonchev–Trinajstić information content (AvgIpc) is 2.56. The van der Waals surface area contributed by atoms with Crippen LogP contribution in [0.3, 0.4) is 0 Å². The van der Waals surface area contributed by atoms with E-state index in [0.717, 1.165) is 37.8 Å². The van der Waals surface area contributed by atoms with Crippen LogP contribution in [0.25, 0.3) is 0 Å². The Morgan fingerprint density at radius 3 is 2.48 bits per heavy atom. The van der Waals surface area contributed by atoms with E-state index in [1.165, 1.54) is 6.33 Å². The molecule has 23 heavy (non-hydrogen) atoms. The lowest BCUT2D eigenvalue weighted by Crippen LogP contribution is -2.47. The zero-order chi connectivity index (χ0) is 16.2. The fourth-order valence-electron chi connectivity index (χ4n) is 2.52. The first-order valence-corrected chi connectivity index (χ1v) is 8.18. The summed E-state index contributed by atoms with van der Waals surface area (Å²) in [7, 11) is 0. The summed E-state index contributed by atoms with van der Waals surface area (Å²) in [5, 5.41) is 1.12. The number of hydrogen-bond acceptors (Lipinski definition) is 6. The summed E-state index contributed by atoms with van der Waals surface area (Å²) in [4.78, 5) is 17.1. The third kappa shape index (κ3) is 3.76. The van der Waals surface area contributed by atoms with Gasteiger partial charge in [0, 0.05) is 38.4 Å². The van der Waals surface area contributed by atoms with E-state index in [1.807, 2.05) is 13.0 Å². The summed E-state index contributed by atoms with van der Waals surface area (Å²) in [6.07, 6.45) is 3.15. The highest BCUT2D eigenvalue weighted by atomic mass is 35.5. The molecular formula is C15H17Cl2N5O. The van der Waals surface area contributed by atoms with Gasteiger partial charge in [0.25, 0.3) is 0 Å². The first-order valence-electron chi connectivity index (χ1n) is 7.43. The van der Waals surface area contributed by atoms with E-state index >= 15 is 0 Å². The second-order valence-electron chi connectivity index (χ2n) is 5.08. The maximum Gasteiger partial charge on any atom is 0.218 e. The zero-order valence-electron chi connectivity index (χ0n) is 12.7. The van der Waals surface area contributed by atoms with Crippen molar-refractivity contribution in [1.82, 2.24) is 15.0 Å². The van der Waals surface area contributed by atoms with Gasteiger partial charge in [-0.3, -0.25) is 0 Å². The van der Waals surface area contributed by atoms with Crippen LogP contribution in [0.4, 0.5) is 11.6 Å². The first kappa shape index (κ1) is 16.1. The van der Waals surface area contributed by atoms with Crippen molar-refractivity contribution in [2.24, 2.45) is 0 Å². The molecule has 0 saturated carbocycles. The van der Waals surface area contributed by atoms with Crippen molar-refractivity contribution in [3.05, 3.63) is 34.7 Å². The molecule has 122 valence electrons. The molecule has 0 spiro atoms. The second kappa shape index (κ2) is 7.19. The third-order valence-electron chi connectivity index (χ3n) is 3.61. The van der Waals surface area contributed by atoms with Gasteiger partial charge in [-0.05, 0) is 13.0 Å². The van der Waals surface area contributed by atoms with Crippen LogP contribution < -0.4 is 14.5 Å². The van der Waals surface area contributed by atoms with Crippen molar-refractivity contribution in [1.29, 1.82) is 0 Å². The zero-order valence-corrected chi connectivity index (χ0v) is 14.3. The molecule has 2 aromatic heterocycles. The molecule has 0 aromatic carbocycles. The van der Waals surface area contributed by atoms with E-state index in [2.05, 4.69) is 24.8 Å². The summed E-state index contributed by atoms with van der Waals surface area (Å²) in [6.45, 7) is 5.78. The highest BCUT2D eigenvalue weighted by Crippen LogP contribution is 2.27. The standard InChI is InChI=1S/C15H17Cl2N5O/c1-2-23-14-8-13(19-10-20-14)21-3-5-22(6-4-21)15-12(17)7-11(16)9-18-15/h7-10H,2-6H2,1H3. The van der Waals surface area contributed by atoms with Crippen molar-refractivity contribution in [3.8, 4) is 5.88 Å². The number of nitrogens with zero attached hydrogens (tertiary/aromatic N) is 5. The summed E-state index contributed by atoms with van der Waals surface area (Å²) >= 11 is 12.1. The van der Waals surface area contributed by atoms with E-state index in [-0.39, 0.29) is 0 Å². The van der Waals surface area contributed by atoms with Crippen LogP contribution in [0.15, 0.2) is 24.7 Å². The second-order valence-corrected chi connectivity index (χ2v) is 5.92. The van der Waals surface area contributed by atoms with Gasteiger partial charge in [-0.25, -0.2) is 15.0 Å². The fourth-order valence-corrected chi connectivity index (χ4v) is 3.02. The van der Waals surface area contributed by atoms with Crippen LogP contribution in [-0.4, -0.2) is 47.7 Å². The Hall–Kier alpha value is -1.79. The summed E-state index contributed by atoms with van der Waals surface area (Å²) < 4.78 is 5.43. The lowest BCUT2D eigenvalue weighted by Gasteiger charge is -2.36. The highest BCUT2D eigenvalue weighted by Gasteiger charge is 2.21. The molecule has 8 heteroatoms. The molecule has 3 heterocycles. The highest BCUT2D eigenvalue weighted by molar-refractivity contribution is 6.36. The molecule has 0 aliphatic carbocycles. The molecule has 1 aliphatic heterocycles. The topological polar surface area (TPSA) is 54.4 Å². The number of rotatable bonds is 4. The summed E-state index contributed by atoms with van der Waals surface area (Å²) in [6, 6.07) is 3.59. The number of aromatic nitrogens is 3. The van der Waals surface area contributed by atoms with Crippen LogP contribution in [0.2, 0.25) is 10.0 Å². The Kier molecular flexibility index (Phi) is 5.03. The Balaban J connectivity index is 1.67. The minimum Gasteiger partial charge on any atom is -0.478 e. The molecule has 1 aliphatic rings. The molecule has 0 unspecified atom stereocenters. The van der Waals surface area contributed by atoms with Crippen LogP contribution in [0, 0.1) is 0 Å². The van der Waals surface area contributed by atoms with Crippen molar-refractivity contribution >= 4 is 34.8 Å². The van der Waals surface area contributed by atoms with Gasteiger partial charge < -0.3 is 14.5 Å². The quantitative estimate of drug-likeness (QED) is 0.842. The number of ether oxygens (including phenoxy) is 1. The van der Waals surface area contributed by atoms with Crippen LogP contribution >= 0.6 is 23.2 Å². The van der Waals surface area contributed by atoms with Gasteiger partial charge in [0.2, 0.25) is 5.88 Å². The molecule has 2 aromatic rings. The predicted octanol–water partition coefficient (Wildman–Crippen LogP) is 2.90. The summed E-state index contributed by atoms with van der Waals surface area (Å²) in [5.41, 5.74) is 0. The van der Waals surface area contributed by atoms with E-state index in [1.54, 1.807) is 12.3 Å². The lowest BCUT2D eigenvalue weighted by atomic mass is 10.3. The van der Waals surface area contributed by atoms with E-state index in [0.29, 0.717) is 22.5 Å². The largest absolute Gasteiger partial charge is 0.478 e. The van der Waals surface area contributed by atoms with Gasteiger partial charge in [-0.2, -0.15) is 0 Å². The molecular weight excluding hydrogens is 337 g/mol. The van der Waals surface area contributed by atoms with Gasteiger partial charge in [0.1, 0.15) is 18.0 Å². The Bertz CT molecular complexity index is 677. The van der Waals surface area contributed by atoms with Gasteiger partial charge in [0.05, 0.1) is 16.7 Å². The van der Waals surface area contributed by atoms with Crippen LogP contribution in [0.5, 0.6) is 5.88 Å². The van der Waals surface area contributed by atoms with Crippen molar-refractivity contribution in [2.75, 3.05) is 42.6 Å². The van der Waals surface area contributed by atoms with Gasteiger partial charge in [-0.15, -0.1) is 0 Å². The smallest absolute Gasteiger partial charge is 0.218 e. The molecule has 0 atom stereocenters. The van der Waals surface area contributed by atoms with Crippen LogP contribution in [0.1, 0.15) is 6.92 Å². The molecule has 0 bridgehead atoms. The molecule has 1 saturated heterocycles. The van der Waals surface area contributed by atoms with Crippen molar-refractivity contribution in [2.45, 2.75) is 6.92 Å². The number of halogens is 2. The number of pyridine rings is 1. The number of anilines is 2. The van der Waals surface area contributed by atoms with E-state index < -0.39 is 0 Å². The van der Waals surface area contributed by atoms with Gasteiger partial charge in [-0.1, -0.05) is 23.2 Å². The van der Waals surface area contributed by atoms with Gasteiger partial charge in [0.15, 0.2) is 0 Å². The maximum absolute atomic E-state index is 6.23. The third-order valence-corrected chi connectivity index (χ3v) is 4.10. The number of hydrogen-bond donors (Lipinski definition) is 0. The van der Waals surface area contributed by atoms with Crippen molar-refractivity contribution < 1.29 is 4.74 Å². The Morgan fingerprint density at radius 1 is 1.04 bits per heavy atom.